The standard InChI is InChI=1S/C15H20N2O/c1-3-17(13-7-4-6-12(2)10-13)14(11-16)15-8-5-9-18-15/h4-10,14H,3,11,16H2,1-2H3. The van der Waals surface area contributed by atoms with E-state index in [4.69, 9.17) is 10.2 Å². The molecule has 1 atom stereocenters. The van der Waals surface area contributed by atoms with Crippen LogP contribution in [0.2, 0.25) is 0 Å². The Hall–Kier alpha value is -1.74. The first-order valence-electron chi connectivity index (χ1n) is 6.33. The van der Waals surface area contributed by atoms with Crippen LogP contribution in [0.4, 0.5) is 5.69 Å². The Morgan fingerprint density at radius 3 is 2.67 bits per heavy atom. The molecular formula is C15H20N2O. The SMILES string of the molecule is CCN(c1cccc(C)c1)C(CN)c1ccco1. The van der Waals surface area contributed by atoms with Gasteiger partial charge >= 0.3 is 0 Å². The van der Waals surface area contributed by atoms with Crippen LogP contribution in [0.1, 0.15) is 24.3 Å². The minimum atomic E-state index is 0.0896. The van der Waals surface area contributed by atoms with Crippen molar-refractivity contribution in [3.05, 3.63) is 54.0 Å². The highest BCUT2D eigenvalue weighted by molar-refractivity contribution is 5.50. The number of rotatable bonds is 5. The maximum Gasteiger partial charge on any atom is 0.127 e. The summed E-state index contributed by atoms with van der Waals surface area (Å²) in [5, 5.41) is 0. The molecule has 2 rings (SSSR count). The van der Waals surface area contributed by atoms with Crippen LogP contribution in [0.3, 0.4) is 0 Å². The Bertz CT molecular complexity index is 479. The molecule has 1 heterocycles. The number of hydrogen-bond acceptors (Lipinski definition) is 3. The number of nitrogens with two attached hydrogens (primary N) is 1. The van der Waals surface area contributed by atoms with Gasteiger partial charge in [-0.1, -0.05) is 12.1 Å². The second-order valence-electron chi connectivity index (χ2n) is 4.39. The molecule has 0 bridgehead atoms. The van der Waals surface area contributed by atoms with Gasteiger partial charge in [0.15, 0.2) is 0 Å². The highest BCUT2D eigenvalue weighted by Crippen LogP contribution is 2.27. The molecule has 1 unspecified atom stereocenters. The first kappa shape index (κ1) is 12.7. The van der Waals surface area contributed by atoms with Gasteiger partial charge in [0.05, 0.1) is 12.3 Å². The third-order valence-corrected chi connectivity index (χ3v) is 3.15. The summed E-state index contributed by atoms with van der Waals surface area (Å²) in [5.41, 5.74) is 8.35. The molecule has 96 valence electrons. The van der Waals surface area contributed by atoms with Crippen molar-refractivity contribution in [3.8, 4) is 0 Å². The van der Waals surface area contributed by atoms with Gasteiger partial charge in [0.25, 0.3) is 0 Å². The Labute approximate surface area is 108 Å². The lowest BCUT2D eigenvalue weighted by atomic mass is 10.1. The van der Waals surface area contributed by atoms with Crippen molar-refractivity contribution in [3.63, 3.8) is 0 Å². The molecule has 0 aliphatic rings. The van der Waals surface area contributed by atoms with Crippen LogP contribution in [0.25, 0.3) is 0 Å². The molecule has 3 heteroatoms. The summed E-state index contributed by atoms with van der Waals surface area (Å²) in [7, 11) is 0. The van der Waals surface area contributed by atoms with Crippen molar-refractivity contribution < 1.29 is 4.42 Å². The third kappa shape index (κ3) is 2.57. The summed E-state index contributed by atoms with van der Waals surface area (Å²) in [4.78, 5) is 2.27. The summed E-state index contributed by atoms with van der Waals surface area (Å²) < 4.78 is 5.50. The van der Waals surface area contributed by atoms with Crippen molar-refractivity contribution in [2.75, 3.05) is 18.0 Å². The van der Waals surface area contributed by atoms with E-state index in [2.05, 4.69) is 43.0 Å². The maximum absolute atomic E-state index is 5.91. The van der Waals surface area contributed by atoms with E-state index in [1.165, 1.54) is 11.3 Å². The molecule has 2 aromatic rings. The van der Waals surface area contributed by atoms with Gasteiger partial charge in [-0.2, -0.15) is 0 Å². The number of benzene rings is 1. The van der Waals surface area contributed by atoms with Gasteiger partial charge in [0.1, 0.15) is 5.76 Å². The van der Waals surface area contributed by atoms with E-state index in [1.54, 1.807) is 6.26 Å². The quantitative estimate of drug-likeness (QED) is 0.878. The van der Waals surface area contributed by atoms with Crippen LogP contribution >= 0.6 is 0 Å². The summed E-state index contributed by atoms with van der Waals surface area (Å²) in [5.74, 6) is 0.917. The molecule has 1 aromatic heterocycles. The average molecular weight is 244 g/mol. The van der Waals surface area contributed by atoms with Crippen molar-refractivity contribution in [2.24, 2.45) is 5.73 Å². The van der Waals surface area contributed by atoms with E-state index in [-0.39, 0.29) is 6.04 Å². The van der Waals surface area contributed by atoms with Crippen LogP contribution in [0.15, 0.2) is 47.1 Å². The monoisotopic (exact) mass is 244 g/mol. The number of aryl methyl sites for hydroxylation is 1. The van der Waals surface area contributed by atoms with Crippen molar-refractivity contribution in [1.29, 1.82) is 0 Å². The highest BCUT2D eigenvalue weighted by atomic mass is 16.3. The van der Waals surface area contributed by atoms with Gasteiger partial charge in [-0.15, -0.1) is 0 Å². The highest BCUT2D eigenvalue weighted by Gasteiger charge is 2.20. The van der Waals surface area contributed by atoms with Gasteiger partial charge < -0.3 is 15.1 Å². The van der Waals surface area contributed by atoms with Crippen molar-refractivity contribution in [1.82, 2.24) is 0 Å². The molecule has 18 heavy (non-hydrogen) atoms. The van der Waals surface area contributed by atoms with Crippen LogP contribution in [0, 0.1) is 6.92 Å². The lowest BCUT2D eigenvalue weighted by Gasteiger charge is -2.30. The minimum absolute atomic E-state index is 0.0896. The fourth-order valence-electron chi connectivity index (χ4n) is 2.27. The van der Waals surface area contributed by atoms with Gasteiger partial charge in [-0.25, -0.2) is 0 Å². The second-order valence-corrected chi connectivity index (χ2v) is 4.39. The van der Waals surface area contributed by atoms with E-state index in [1.807, 2.05) is 12.1 Å². The number of hydrogen-bond donors (Lipinski definition) is 1. The minimum Gasteiger partial charge on any atom is -0.467 e. The summed E-state index contributed by atoms with van der Waals surface area (Å²) in [6.45, 7) is 5.66. The van der Waals surface area contributed by atoms with Crippen LogP contribution in [-0.2, 0) is 0 Å². The van der Waals surface area contributed by atoms with E-state index >= 15 is 0 Å². The van der Waals surface area contributed by atoms with Gasteiger partial charge in [-0.3, -0.25) is 0 Å². The molecule has 0 spiro atoms. The summed E-state index contributed by atoms with van der Waals surface area (Å²) >= 11 is 0. The summed E-state index contributed by atoms with van der Waals surface area (Å²) in [6, 6.07) is 12.4. The average Bonchev–Trinajstić information content (AvgIpc) is 2.89. The Balaban J connectivity index is 2.32. The van der Waals surface area contributed by atoms with Gasteiger partial charge in [0, 0.05) is 18.8 Å². The molecule has 0 amide bonds. The molecule has 0 saturated heterocycles. The fraction of sp³-hybridized carbons (Fsp3) is 0.333. The Morgan fingerprint density at radius 1 is 1.28 bits per heavy atom. The molecule has 0 saturated carbocycles. The molecule has 0 aliphatic carbocycles. The topological polar surface area (TPSA) is 42.4 Å². The zero-order valence-electron chi connectivity index (χ0n) is 11.0. The Morgan fingerprint density at radius 2 is 2.11 bits per heavy atom. The molecule has 0 radical (unpaired) electrons. The third-order valence-electron chi connectivity index (χ3n) is 3.15. The Kier molecular flexibility index (Phi) is 4.05. The zero-order valence-corrected chi connectivity index (χ0v) is 11.0. The predicted octanol–water partition coefficient (Wildman–Crippen LogP) is 3.11. The number of furan rings is 1. The number of nitrogens with zero attached hydrogens (tertiary/aromatic N) is 1. The smallest absolute Gasteiger partial charge is 0.127 e. The van der Waals surface area contributed by atoms with Crippen LogP contribution in [0.5, 0.6) is 0 Å². The molecule has 2 N–H and O–H groups in total. The molecule has 1 aromatic carbocycles. The van der Waals surface area contributed by atoms with Gasteiger partial charge in [0.2, 0.25) is 0 Å². The molecule has 0 aliphatic heterocycles. The van der Waals surface area contributed by atoms with Crippen molar-refractivity contribution >= 4 is 5.69 Å². The lowest BCUT2D eigenvalue weighted by Crippen LogP contribution is -2.33. The lowest BCUT2D eigenvalue weighted by molar-refractivity contribution is 0.453. The first-order valence-corrected chi connectivity index (χ1v) is 6.33. The normalized spacial score (nSPS) is 12.4. The second kappa shape index (κ2) is 5.74. The molecule has 3 nitrogen and oxygen atoms in total. The molecular weight excluding hydrogens is 224 g/mol. The van der Waals surface area contributed by atoms with Crippen LogP contribution < -0.4 is 10.6 Å². The van der Waals surface area contributed by atoms with Gasteiger partial charge in [-0.05, 0) is 43.7 Å². The number of anilines is 1. The van der Waals surface area contributed by atoms with E-state index in [0.29, 0.717) is 6.54 Å². The summed E-state index contributed by atoms with van der Waals surface area (Å²) in [6.07, 6.45) is 1.70. The zero-order chi connectivity index (χ0) is 13.0. The largest absolute Gasteiger partial charge is 0.467 e. The number of likely N-dealkylation sites (N-methyl/N-ethyl adjacent to an activating group) is 1. The van der Waals surface area contributed by atoms with E-state index in [9.17, 15) is 0 Å². The van der Waals surface area contributed by atoms with Crippen LogP contribution in [-0.4, -0.2) is 13.1 Å². The van der Waals surface area contributed by atoms with E-state index < -0.39 is 0 Å². The fourth-order valence-corrected chi connectivity index (χ4v) is 2.27. The maximum atomic E-state index is 5.91. The molecule has 0 fully saturated rings. The first-order chi connectivity index (χ1) is 8.76. The predicted molar refractivity (Wildman–Crippen MR) is 74.7 cm³/mol. The van der Waals surface area contributed by atoms with Crippen molar-refractivity contribution in [2.45, 2.75) is 19.9 Å². The van der Waals surface area contributed by atoms with E-state index in [0.717, 1.165) is 12.3 Å².